The molecule has 0 spiro atoms. The summed E-state index contributed by atoms with van der Waals surface area (Å²) in [6, 6.07) is 5.97. The second kappa shape index (κ2) is 6.72. The van der Waals surface area contributed by atoms with E-state index < -0.39 is 0 Å². The molecule has 1 fully saturated rings. The number of carbonyl (C=O) groups excluding carboxylic acids is 1. The van der Waals surface area contributed by atoms with Crippen molar-refractivity contribution in [1.82, 2.24) is 19.9 Å². The lowest BCUT2D eigenvalue weighted by Gasteiger charge is -2.31. The van der Waals surface area contributed by atoms with E-state index >= 15 is 0 Å². The number of amides is 1. The average Bonchev–Trinajstić information content (AvgIpc) is 3.30. The molecule has 3 aromatic rings. The Hall–Kier alpha value is -2.60. The highest BCUT2D eigenvalue weighted by Crippen LogP contribution is 2.32. The van der Waals surface area contributed by atoms with Gasteiger partial charge in [-0.15, -0.1) is 0 Å². The van der Waals surface area contributed by atoms with Gasteiger partial charge in [0.15, 0.2) is 0 Å². The van der Waals surface area contributed by atoms with Gasteiger partial charge in [0.25, 0.3) is 5.91 Å². The van der Waals surface area contributed by atoms with Crippen LogP contribution in [0.15, 0.2) is 43.0 Å². The van der Waals surface area contributed by atoms with E-state index in [0.29, 0.717) is 12.1 Å². The molecule has 0 unspecified atom stereocenters. The lowest BCUT2D eigenvalue weighted by molar-refractivity contribution is -0.0272. The van der Waals surface area contributed by atoms with Gasteiger partial charge in [-0.2, -0.15) is 5.10 Å². The van der Waals surface area contributed by atoms with Crippen LogP contribution in [-0.4, -0.2) is 33.7 Å². The largest absolute Gasteiger partial charge is 0.373 e. The Labute approximate surface area is 146 Å². The van der Waals surface area contributed by atoms with Crippen LogP contribution in [0.25, 0.3) is 5.52 Å². The number of aromatic amines is 1. The highest BCUT2D eigenvalue weighted by atomic mass is 16.5. The maximum Gasteiger partial charge on any atom is 0.252 e. The number of rotatable bonds is 4. The first-order chi connectivity index (χ1) is 12.2. The maximum absolute atomic E-state index is 12.6. The molecule has 0 aliphatic carbocycles. The third kappa shape index (κ3) is 3.17. The predicted molar refractivity (Wildman–Crippen MR) is 94.5 cm³/mol. The molecule has 4 rings (SSSR count). The molecule has 0 saturated carbocycles. The number of carbonyl (C=O) groups is 1. The van der Waals surface area contributed by atoms with Crippen molar-refractivity contribution in [1.29, 1.82) is 0 Å². The molecule has 1 amide bonds. The van der Waals surface area contributed by atoms with Crippen molar-refractivity contribution in [3.05, 3.63) is 59.7 Å². The van der Waals surface area contributed by atoms with Crippen molar-refractivity contribution in [3.63, 3.8) is 0 Å². The Morgan fingerprint density at radius 3 is 3.24 bits per heavy atom. The summed E-state index contributed by atoms with van der Waals surface area (Å²) in [6.07, 6.45) is 9.55. The fourth-order valence-electron chi connectivity index (χ4n) is 3.57. The summed E-state index contributed by atoms with van der Waals surface area (Å²) in [5.41, 5.74) is 3.95. The van der Waals surface area contributed by atoms with Crippen LogP contribution in [-0.2, 0) is 4.74 Å². The Bertz CT molecular complexity index is 869. The second-order valence-corrected chi connectivity index (χ2v) is 6.65. The van der Waals surface area contributed by atoms with Gasteiger partial charge in [-0.1, -0.05) is 6.07 Å². The zero-order chi connectivity index (χ0) is 17.2. The molecule has 130 valence electrons. The number of H-pyrrole nitrogens is 1. The van der Waals surface area contributed by atoms with Crippen LogP contribution in [0.2, 0.25) is 0 Å². The number of fused-ring (bicyclic) bond motifs is 1. The normalized spacial score (nSPS) is 20.7. The van der Waals surface area contributed by atoms with Crippen LogP contribution in [0.5, 0.6) is 0 Å². The molecule has 6 heteroatoms. The third-order valence-electron chi connectivity index (χ3n) is 4.93. The summed E-state index contributed by atoms with van der Waals surface area (Å²) < 4.78 is 7.91. The SMILES string of the molecule is Cc1cccn2cc(C(=O)NC[C@@H]3CCCO[C@H]3c3cn[nH]c3)cc12. The molecule has 0 aromatic carbocycles. The lowest BCUT2D eigenvalue weighted by Crippen LogP contribution is -2.34. The molecular weight excluding hydrogens is 316 g/mol. The predicted octanol–water partition coefficient (Wildman–Crippen LogP) is 2.87. The van der Waals surface area contributed by atoms with E-state index in [9.17, 15) is 4.79 Å². The summed E-state index contributed by atoms with van der Waals surface area (Å²) >= 11 is 0. The number of ether oxygens (including phenoxy) is 1. The van der Waals surface area contributed by atoms with Crippen LogP contribution in [0.1, 0.15) is 40.4 Å². The van der Waals surface area contributed by atoms with Crippen molar-refractivity contribution in [2.24, 2.45) is 5.92 Å². The first kappa shape index (κ1) is 15.9. The van der Waals surface area contributed by atoms with E-state index in [-0.39, 0.29) is 17.9 Å². The standard InChI is InChI=1S/C19H22N4O2/c1-13-4-2-6-23-12-15(8-17(13)23)19(24)20-9-14-5-3-7-25-18(14)16-10-21-22-11-16/h2,4,6,8,10-12,14,18H,3,5,7,9H2,1H3,(H,20,24)(H,21,22)/t14-,18+/m0/s1. The number of pyridine rings is 1. The van der Waals surface area contributed by atoms with Crippen molar-refractivity contribution in [2.75, 3.05) is 13.2 Å². The zero-order valence-corrected chi connectivity index (χ0v) is 14.2. The second-order valence-electron chi connectivity index (χ2n) is 6.65. The Morgan fingerprint density at radius 2 is 2.44 bits per heavy atom. The Balaban J connectivity index is 1.45. The van der Waals surface area contributed by atoms with Gasteiger partial charge >= 0.3 is 0 Å². The summed E-state index contributed by atoms with van der Waals surface area (Å²) in [4.78, 5) is 12.6. The molecule has 0 radical (unpaired) electrons. The van der Waals surface area contributed by atoms with E-state index in [1.807, 2.05) is 48.1 Å². The van der Waals surface area contributed by atoms with Crippen molar-refractivity contribution < 1.29 is 9.53 Å². The number of hydrogen-bond acceptors (Lipinski definition) is 3. The fraction of sp³-hybridized carbons (Fsp3) is 0.368. The fourth-order valence-corrected chi connectivity index (χ4v) is 3.57. The first-order valence-corrected chi connectivity index (χ1v) is 8.68. The van der Waals surface area contributed by atoms with Gasteiger partial charge in [0, 0.05) is 48.7 Å². The lowest BCUT2D eigenvalue weighted by atomic mass is 9.91. The van der Waals surface area contributed by atoms with Crippen LogP contribution >= 0.6 is 0 Å². The van der Waals surface area contributed by atoms with E-state index in [2.05, 4.69) is 15.5 Å². The van der Waals surface area contributed by atoms with Crippen LogP contribution in [0.4, 0.5) is 0 Å². The van der Waals surface area contributed by atoms with Crippen LogP contribution in [0, 0.1) is 12.8 Å². The van der Waals surface area contributed by atoms with Crippen molar-refractivity contribution >= 4 is 11.4 Å². The van der Waals surface area contributed by atoms with Gasteiger partial charge in [-0.05, 0) is 37.5 Å². The van der Waals surface area contributed by atoms with E-state index in [4.69, 9.17) is 4.74 Å². The molecule has 4 heterocycles. The van der Waals surface area contributed by atoms with Gasteiger partial charge in [0.05, 0.1) is 17.9 Å². The minimum Gasteiger partial charge on any atom is -0.373 e. The quantitative estimate of drug-likeness (QED) is 0.768. The molecule has 25 heavy (non-hydrogen) atoms. The number of hydrogen-bond donors (Lipinski definition) is 2. The number of nitrogens with zero attached hydrogens (tertiary/aromatic N) is 2. The van der Waals surface area contributed by atoms with Gasteiger partial charge in [-0.25, -0.2) is 0 Å². The van der Waals surface area contributed by atoms with E-state index in [1.165, 1.54) is 0 Å². The third-order valence-corrected chi connectivity index (χ3v) is 4.93. The van der Waals surface area contributed by atoms with Crippen LogP contribution < -0.4 is 5.32 Å². The van der Waals surface area contributed by atoms with Gasteiger partial charge < -0.3 is 14.5 Å². The highest BCUT2D eigenvalue weighted by molar-refractivity contribution is 5.95. The number of aryl methyl sites for hydroxylation is 1. The summed E-state index contributed by atoms with van der Waals surface area (Å²) in [5.74, 6) is 0.216. The van der Waals surface area contributed by atoms with Gasteiger partial charge in [0.1, 0.15) is 0 Å². The summed E-state index contributed by atoms with van der Waals surface area (Å²) in [7, 11) is 0. The maximum atomic E-state index is 12.6. The Morgan fingerprint density at radius 1 is 1.52 bits per heavy atom. The monoisotopic (exact) mass is 338 g/mol. The van der Waals surface area contributed by atoms with Crippen molar-refractivity contribution in [3.8, 4) is 0 Å². The van der Waals surface area contributed by atoms with Gasteiger partial charge in [-0.3, -0.25) is 9.89 Å². The molecule has 2 N–H and O–H groups in total. The zero-order valence-electron chi connectivity index (χ0n) is 14.2. The molecular formula is C19H22N4O2. The number of aromatic nitrogens is 3. The molecule has 6 nitrogen and oxygen atoms in total. The molecule has 1 aliphatic heterocycles. The summed E-state index contributed by atoms with van der Waals surface area (Å²) in [5, 5.41) is 9.93. The minimum atomic E-state index is -0.0420. The van der Waals surface area contributed by atoms with E-state index in [1.54, 1.807) is 6.20 Å². The molecule has 0 bridgehead atoms. The average molecular weight is 338 g/mol. The topological polar surface area (TPSA) is 71.4 Å². The summed E-state index contributed by atoms with van der Waals surface area (Å²) in [6.45, 7) is 3.40. The molecule has 3 aromatic heterocycles. The molecule has 2 atom stereocenters. The highest BCUT2D eigenvalue weighted by Gasteiger charge is 2.28. The van der Waals surface area contributed by atoms with Crippen molar-refractivity contribution in [2.45, 2.75) is 25.9 Å². The smallest absolute Gasteiger partial charge is 0.252 e. The minimum absolute atomic E-state index is 0.0110. The molecule has 1 saturated heterocycles. The Kier molecular flexibility index (Phi) is 4.28. The molecule has 1 aliphatic rings. The van der Waals surface area contributed by atoms with Crippen LogP contribution in [0.3, 0.4) is 0 Å². The van der Waals surface area contributed by atoms with Gasteiger partial charge in [0.2, 0.25) is 0 Å². The van der Waals surface area contributed by atoms with E-state index in [0.717, 1.165) is 36.1 Å². The first-order valence-electron chi connectivity index (χ1n) is 8.68. The number of nitrogens with one attached hydrogen (secondary N) is 2.